The first-order valence-corrected chi connectivity index (χ1v) is 9.50. The fourth-order valence-corrected chi connectivity index (χ4v) is 4.58. The molecule has 4 rings (SSSR count). The maximum Gasteiger partial charge on any atom is 0.237 e. The van der Waals surface area contributed by atoms with Gasteiger partial charge in [0.05, 0.1) is 12.1 Å². The van der Waals surface area contributed by atoms with Crippen LogP contribution in [0.3, 0.4) is 0 Å². The lowest BCUT2D eigenvalue weighted by Crippen LogP contribution is -2.51. The molecule has 1 aliphatic carbocycles. The summed E-state index contributed by atoms with van der Waals surface area (Å²) in [6.45, 7) is 5.25. The topological polar surface area (TPSA) is 43.9 Å². The number of hydrogen-bond donors (Lipinski definition) is 0. The van der Waals surface area contributed by atoms with Gasteiger partial charge < -0.3 is 0 Å². The van der Waals surface area contributed by atoms with E-state index < -0.39 is 0 Å². The second-order valence-corrected chi connectivity index (χ2v) is 7.81. The molecule has 134 valence electrons. The first-order chi connectivity index (χ1) is 12.2. The Morgan fingerprint density at radius 3 is 2.20 bits per heavy atom. The average Bonchev–Trinajstić information content (AvgIpc) is 3.18. The van der Waals surface area contributed by atoms with Crippen molar-refractivity contribution in [2.24, 2.45) is 5.41 Å². The van der Waals surface area contributed by atoms with E-state index in [0.29, 0.717) is 13.1 Å². The molecule has 0 aromatic heterocycles. The van der Waals surface area contributed by atoms with Crippen LogP contribution in [0.25, 0.3) is 0 Å². The van der Waals surface area contributed by atoms with Crippen molar-refractivity contribution in [2.45, 2.75) is 38.6 Å². The molecule has 0 radical (unpaired) electrons. The minimum Gasteiger partial charge on any atom is -0.297 e. The van der Waals surface area contributed by atoms with E-state index in [-0.39, 0.29) is 17.2 Å². The number of carbonyl (C=O) groups excluding carboxylic acids is 2. The number of imide groups is 1. The zero-order valence-electron chi connectivity index (χ0n) is 14.8. The third-order valence-corrected chi connectivity index (χ3v) is 6.11. The lowest BCUT2D eigenvalue weighted by molar-refractivity contribution is -0.144. The van der Waals surface area contributed by atoms with Gasteiger partial charge in [0.1, 0.15) is 0 Å². The Morgan fingerprint density at radius 2 is 1.52 bits per heavy atom. The number of hydrogen-bond acceptors (Lipinski definition) is 4. The van der Waals surface area contributed by atoms with Crippen LogP contribution in [-0.2, 0) is 16.1 Å². The van der Waals surface area contributed by atoms with Crippen LogP contribution in [0.2, 0.25) is 0 Å². The number of nitrogens with zero attached hydrogens (tertiary/aromatic N) is 3. The molecule has 2 heterocycles. The molecular formula is C20H27N3O2. The fraction of sp³-hybridized carbons (Fsp3) is 0.600. The largest absolute Gasteiger partial charge is 0.297 e. The molecule has 1 spiro atoms. The van der Waals surface area contributed by atoms with Crippen molar-refractivity contribution in [1.29, 1.82) is 0 Å². The molecule has 1 aromatic rings. The summed E-state index contributed by atoms with van der Waals surface area (Å²) < 4.78 is 0. The summed E-state index contributed by atoms with van der Waals surface area (Å²) in [5.41, 5.74) is 0.996. The van der Waals surface area contributed by atoms with E-state index in [1.165, 1.54) is 10.5 Å². The van der Waals surface area contributed by atoms with Gasteiger partial charge in [0.2, 0.25) is 11.8 Å². The van der Waals surface area contributed by atoms with E-state index >= 15 is 0 Å². The number of rotatable bonds is 4. The van der Waals surface area contributed by atoms with Crippen molar-refractivity contribution < 1.29 is 9.59 Å². The Kier molecular flexibility index (Phi) is 4.61. The smallest absolute Gasteiger partial charge is 0.237 e. The van der Waals surface area contributed by atoms with Crippen molar-refractivity contribution >= 4 is 11.8 Å². The number of benzene rings is 1. The third kappa shape index (κ3) is 3.35. The molecular weight excluding hydrogens is 314 g/mol. The molecule has 0 unspecified atom stereocenters. The molecule has 1 saturated carbocycles. The van der Waals surface area contributed by atoms with Gasteiger partial charge in [0.15, 0.2) is 0 Å². The zero-order chi connectivity index (χ0) is 17.3. The number of piperazine rings is 1. The van der Waals surface area contributed by atoms with E-state index in [1.807, 2.05) is 6.07 Å². The Morgan fingerprint density at radius 1 is 0.880 bits per heavy atom. The molecule has 1 aromatic carbocycles. The van der Waals surface area contributed by atoms with E-state index in [4.69, 9.17) is 0 Å². The Bertz CT molecular complexity index is 632. The van der Waals surface area contributed by atoms with Crippen molar-refractivity contribution in [3.63, 3.8) is 0 Å². The predicted octanol–water partition coefficient (Wildman–Crippen LogP) is 2.08. The minimum absolute atomic E-state index is 0.0404. The minimum atomic E-state index is -0.341. The highest BCUT2D eigenvalue weighted by Gasteiger charge is 2.52. The van der Waals surface area contributed by atoms with Crippen molar-refractivity contribution in [3.8, 4) is 0 Å². The van der Waals surface area contributed by atoms with Crippen LogP contribution in [0.15, 0.2) is 30.3 Å². The standard InChI is InChI=1S/C20H27N3O2/c24-18-14-20(8-4-5-9-20)19(25)23(18)16-22-12-10-21(11-13-22)15-17-6-2-1-3-7-17/h1-3,6-7H,4-5,8-16H2. The zero-order valence-corrected chi connectivity index (χ0v) is 14.8. The SMILES string of the molecule is O=C1CC2(CCCC2)C(=O)N1CN1CCN(Cc2ccccc2)CC1. The van der Waals surface area contributed by atoms with Crippen LogP contribution >= 0.6 is 0 Å². The van der Waals surface area contributed by atoms with Crippen LogP contribution in [0.4, 0.5) is 0 Å². The summed E-state index contributed by atoms with van der Waals surface area (Å²) in [6.07, 6.45) is 4.42. The van der Waals surface area contributed by atoms with E-state index in [0.717, 1.165) is 58.4 Å². The molecule has 0 atom stereocenters. The van der Waals surface area contributed by atoms with Gasteiger partial charge in [0.25, 0.3) is 0 Å². The summed E-state index contributed by atoms with van der Waals surface area (Å²) >= 11 is 0. The summed E-state index contributed by atoms with van der Waals surface area (Å²) in [4.78, 5) is 31.4. The molecule has 3 aliphatic rings. The number of likely N-dealkylation sites (tertiary alicyclic amines) is 1. The lowest BCUT2D eigenvalue weighted by atomic mass is 9.85. The maximum absolute atomic E-state index is 12.8. The van der Waals surface area contributed by atoms with Gasteiger partial charge in [-0.25, -0.2) is 0 Å². The van der Waals surface area contributed by atoms with Crippen molar-refractivity contribution in [3.05, 3.63) is 35.9 Å². The van der Waals surface area contributed by atoms with Crippen LogP contribution in [0.5, 0.6) is 0 Å². The van der Waals surface area contributed by atoms with Crippen LogP contribution < -0.4 is 0 Å². The molecule has 0 N–H and O–H groups in total. The van der Waals surface area contributed by atoms with Gasteiger partial charge in [0, 0.05) is 39.1 Å². The molecule has 5 nitrogen and oxygen atoms in total. The van der Waals surface area contributed by atoms with Gasteiger partial charge in [-0.05, 0) is 18.4 Å². The number of amides is 2. The first kappa shape index (κ1) is 16.7. The highest BCUT2D eigenvalue weighted by atomic mass is 16.2. The molecule has 3 fully saturated rings. The van der Waals surface area contributed by atoms with Crippen molar-refractivity contribution in [1.82, 2.24) is 14.7 Å². The normalized spacial score (nSPS) is 24.6. The van der Waals surface area contributed by atoms with Gasteiger partial charge in [-0.3, -0.25) is 24.3 Å². The first-order valence-electron chi connectivity index (χ1n) is 9.50. The second-order valence-electron chi connectivity index (χ2n) is 7.81. The Hall–Kier alpha value is -1.72. The predicted molar refractivity (Wildman–Crippen MR) is 95.5 cm³/mol. The van der Waals surface area contributed by atoms with Crippen LogP contribution in [-0.4, -0.2) is 59.4 Å². The van der Waals surface area contributed by atoms with Crippen molar-refractivity contribution in [2.75, 3.05) is 32.8 Å². The van der Waals surface area contributed by atoms with Crippen LogP contribution in [0, 0.1) is 5.41 Å². The Labute approximate surface area is 149 Å². The van der Waals surface area contributed by atoms with Crippen LogP contribution in [0.1, 0.15) is 37.7 Å². The van der Waals surface area contributed by atoms with Gasteiger partial charge in [-0.1, -0.05) is 43.2 Å². The average molecular weight is 341 g/mol. The van der Waals surface area contributed by atoms with Gasteiger partial charge in [-0.15, -0.1) is 0 Å². The molecule has 2 saturated heterocycles. The molecule has 25 heavy (non-hydrogen) atoms. The van der Waals surface area contributed by atoms with Gasteiger partial charge in [-0.2, -0.15) is 0 Å². The lowest BCUT2D eigenvalue weighted by Gasteiger charge is -2.36. The highest BCUT2D eigenvalue weighted by Crippen LogP contribution is 2.46. The highest BCUT2D eigenvalue weighted by molar-refractivity contribution is 6.06. The van der Waals surface area contributed by atoms with E-state index in [2.05, 4.69) is 34.1 Å². The molecule has 2 amide bonds. The second kappa shape index (κ2) is 6.89. The Balaban J connectivity index is 1.30. The monoisotopic (exact) mass is 341 g/mol. The number of carbonyl (C=O) groups is 2. The summed E-state index contributed by atoms with van der Waals surface area (Å²) in [5.74, 6) is 0.139. The van der Waals surface area contributed by atoms with Gasteiger partial charge >= 0.3 is 0 Å². The summed E-state index contributed by atoms with van der Waals surface area (Å²) in [6, 6.07) is 10.5. The summed E-state index contributed by atoms with van der Waals surface area (Å²) in [5, 5.41) is 0. The van der Waals surface area contributed by atoms with E-state index in [9.17, 15) is 9.59 Å². The molecule has 0 bridgehead atoms. The quantitative estimate of drug-likeness (QED) is 0.787. The van der Waals surface area contributed by atoms with E-state index in [1.54, 1.807) is 0 Å². The molecule has 5 heteroatoms. The summed E-state index contributed by atoms with van der Waals surface area (Å²) in [7, 11) is 0. The third-order valence-electron chi connectivity index (χ3n) is 6.11. The molecule has 2 aliphatic heterocycles. The fourth-order valence-electron chi connectivity index (χ4n) is 4.58. The maximum atomic E-state index is 12.8.